The molecule has 10 nitrogen and oxygen atoms in total. The van der Waals surface area contributed by atoms with Crippen LogP contribution < -0.4 is 10.5 Å². The van der Waals surface area contributed by atoms with Crippen LogP contribution >= 0.6 is 0 Å². The van der Waals surface area contributed by atoms with E-state index in [0.717, 1.165) is 23.2 Å². The highest BCUT2D eigenvalue weighted by Gasteiger charge is 2.38. The van der Waals surface area contributed by atoms with Crippen LogP contribution in [0.4, 0.5) is 13.2 Å². The van der Waals surface area contributed by atoms with Gasteiger partial charge in [-0.15, -0.1) is 0 Å². The highest BCUT2D eigenvalue weighted by molar-refractivity contribution is 7.89. The molecule has 214 valence electrons. The number of carboxylic acids is 1. The van der Waals surface area contributed by atoms with Crippen molar-refractivity contribution in [1.29, 1.82) is 5.41 Å². The van der Waals surface area contributed by atoms with Gasteiger partial charge in [-0.2, -0.15) is 17.9 Å². The Hall–Kier alpha value is -4.17. The van der Waals surface area contributed by atoms with Crippen LogP contribution in [0.5, 0.6) is 0 Å². The number of hydrogen-bond donors (Lipinski definition) is 4. The van der Waals surface area contributed by atoms with Crippen molar-refractivity contribution >= 4 is 33.3 Å². The van der Waals surface area contributed by atoms with Crippen molar-refractivity contribution in [2.24, 2.45) is 5.73 Å². The average Bonchev–Trinajstić information content (AvgIpc) is 3.22. The van der Waals surface area contributed by atoms with Gasteiger partial charge in [0.1, 0.15) is 11.9 Å². The van der Waals surface area contributed by atoms with Crippen LogP contribution in [-0.4, -0.2) is 73.4 Å². The van der Waals surface area contributed by atoms with E-state index in [0.29, 0.717) is 25.1 Å². The Morgan fingerprint density at radius 1 is 1.20 bits per heavy atom. The minimum absolute atomic E-state index is 0.0376. The predicted molar refractivity (Wildman–Crippen MR) is 141 cm³/mol. The number of nitrogens with one attached hydrogen (secondary N) is 2. The number of sulfonamides is 1. The lowest BCUT2D eigenvalue weighted by molar-refractivity contribution is -0.192. The molecule has 0 bridgehead atoms. The van der Waals surface area contributed by atoms with E-state index < -0.39 is 28.2 Å². The van der Waals surface area contributed by atoms with E-state index in [1.165, 1.54) is 0 Å². The number of nitrogens with zero attached hydrogens (tertiary/aromatic N) is 2. The van der Waals surface area contributed by atoms with Gasteiger partial charge >= 0.3 is 12.1 Å². The summed E-state index contributed by atoms with van der Waals surface area (Å²) in [5.41, 5.74) is 8.95. The van der Waals surface area contributed by atoms with Gasteiger partial charge in [0.05, 0.1) is 4.90 Å². The topological polar surface area (TPSA) is 157 Å². The summed E-state index contributed by atoms with van der Waals surface area (Å²) in [7, 11) is -1.85. The molecule has 0 aliphatic carbocycles. The predicted octanol–water partition coefficient (Wildman–Crippen LogP) is 2.53. The second-order valence-electron chi connectivity index (χ2n) is 9.08. The number of likely N-dealkylation sites (N-methyl/N-ethyl adjacent to an activating group) is 1. The average molecular weight is 580 g/mol. The van der Waals surface area contributed by atoms with Crippen molar-refractivity contribution < 1.29 is 36.3 Å². The van der Waals surface area contributed by atoms with E-state index in [1.807, 2.05) is 30.3 Å². The van der Waals surface area contributed by atoms with Gasteiger partial charge in [-0.1, -0.05) is 36.4 Å². The van der Waals surface area contributed by atoms with Gasteiger partial charge in [0, 0.05) is 32.2 Å². The third-order valence-corrected chi connectivity index (χ3v) is 7.54. The summed E-state index contributed by atoms with van der Waals surface area (Å²) >= 11 is 0. The SMILES string of the molecule is CN1C=CC(c2ccc(S(=O)(=O)N[C@H]3CCN(Cc4cccc(C(=N)N)c4)C3=O)cc2)=CC1.O=C(O)C(F)(F)F. The summed E-state index contributed by atoms with van der Waals surface area (Å²) in [5, 5.41) is 14.7. The molecule has 40 heavy (non-hydrogen) atoms. The molecule has 1 fully saturated rings. The molecule has 5 N–H and O–H groups in total. The molecule has 2 aliphatic rings. The molecule has 0 spiro atoms. The Bertz CT molecular complexity index is 1440. The number of alkyl halides is 3. The molecule has 0 radical (unpaired) electrons. The Morgan fingerprint density at radius 2 is 1.85 bits per heavy atom. The first-order chi connectivity index (χ1) is 18.7. The molecule has 1 amide bonds. The van der Waals surface area contributed by atoms with E-state index in [9.17, 15) is 26.4 Å². The number of likely N-dealkylation sites (tertiary alicyclic amines) is 1. The molecular weight excluding hydrogens is 551 g/mol. The zero-order valence-corrected chi connectivity index (χ0v) is 22.2. The molecule has 4 rings (SSSR count). The van der Waals surface area contributed by atoms with E-state index in [1.54, 1.807) is 47.4 Å². The summed E-state index contributed by atoms with van der Waals surface area (Å²) in [6, 6.07) is 13.0. The number of carbonyl (C=O) groups is 2. The number of allylic oxidation sites excluding steroid dienone is 2. The normalized spacial score (nSPS) is 17.2. The fraction of sp³-hybridized carbons (Fsp3) is 0.269. The third kappa shape index (κ3) is 7.93. The lowest BCUT2D eigenvalue weighted by atomic mass is 10.0. The van der Waals surface area contributed by atoms with Crippen LogP contribution in [0.25, 0.3) is 5.57 Å². The summed E-state index contributed by atoms with van der Waals surface area (Å²) in [6.07, 6.45) is 1.37. The van der Waals surface area contributed by atoms with Crippen LogP contribution in [0.1, 0.15) is 23.1 Å². The number of aliphatic carboxylic acids is 1. The van der Waals surface area contributed by atoms with E-state index in [-0.39, 0.29) is 16.6 Å². The van der Waals surface area contributed by atoms with Crippen molar-refractivity contribution in [3.63, 3.8) is 0 Å². The number of nitrogen functional groups attached to an aromatic ring is 1. The van der Waals surface area contributed by atoms with E-state index in [4.69, 9.17) is 21.0 Å². The largest absolute Gasteiger partial charge is 0.490 e. The summed E-state index contributed by atoms with van der Waals surface area (Å²) in [6.45, 7) is 1.58. The maximum atomic E-state index is 12.9. The minimum Gasteiger partial charge on any atom is -0.475 e. The van der Waals surface area contributed by atoms with Crippen molar-refractivity contribution in [1.82, 2.24) is 14.5 Å². The maximum absolute atomic E-state index is 12.9. The van der Waals surface area contributed by atoms with E-state index >= 15 is 0 Å². The maximum Gasteiger partial charge on any atom is 0.490 e. The number of rotatable bonds is 7. The first-order valence-electron chi connectivity index (χ1n) is 11.9. The summed E-state index contributed by atoms with van der Waals surface area (Å²) in [5.74, 6) is -3.05. The summed E-state index contributed by atoms with van der Waals surface area (Å²) < 4.78 is 60.1. The molecule has 2 heterocycles. The number of nitrogens with two attached hydrogens (primary N) is 1. The van der Waals surface area contributed by atoms with Crippen molar-refractivity contribution in [2.45, 2.75) is 30.1 Å². The van der Waals surface area contributed by atoms with Gasteiger partial charge < -0.3 is 20.6 Å². The first kappa shape index (κ1) is 30.4. The van der Waals surface area contributed by atoms with Gasteiger partial charge in [0.25, 0.3) is 0 Å². The van der Waals surface area contributed by atoms with Gasteiger partial charge in [-0.25, -0.2) is 13.2 Å². The third-order valence-electron chi connectivity index (χ3n) is 6.05. The van der Waals surface area contributed by atoms with Gasteiger partial charge in [0.15, 0.2) is 0 Å². The molecule has 2 aromatic carbocycles. The van der Waals surface area contributed by atoms with Gasteiger partial charge in [-0.3, -0.25) is 10.2 Å². The number of carbonyl (C=O) groups excluding carboxylic acids is 1. The molecule has 1 saturated heterocycles. The van der Waals surface area contributed by atoms with Crippen molar-refractivity contribution in [2.75, 3.05) is 20.1 Å². The fourth-order valence-electron chi connectivity index (χ4n) is 3.94. The molecule has 14 heteroatoms. The molecule has 0 aromatic heterocycles. The van der Waals surface area contributed by atoms with Crippen LogP contribution in [0.2, 0.25) is 0 Å². The molecular formula is C26H28F3N5O5S. The molecule has 0 saturated carbocycles. The quantitative estimate of drug-likeness (QED) is 0.290. The van der Waals surface area contributed by atoms with Crippen LogP contribution in [0, 0.1) is 5.41 Å². The fourth-order valence-corrected chi connectivity index (χ4v) is 5.16. The first-order valence-corrected chi connectivity index (χ1v) is 13.4. The van der Waals surface area contributed by atoms with Gasteiger partial charge in [-0.05, 0) is 53.6 Å². The molecule has 2 aliphatic heterocycles. The van der Waals surface area contributed by atoms with Crippen molar-refractivity contribution in [3.8, 4) is 0 Å². The Labute approximate surface area is 229 Å². The lowest BCUT2D eigenvalue weighted by Gasteiger charge is -2.18. The zero-order valence-electron chi connectivity index (χ0n) is 21.4. The molecule has 1 atom stereocenters. The van der Waals surface area contributed by atoms with Crippen LogP contribution in [0.3, 0.4) is 0 Å². The Kier molecular flexibility index (Phi) is 9.37. The molecule has 0 unspecified atom stereocenters. The summed E-state index contributed by atoms with van der Waals surface area (Å²) in [4.78, 5) is 25.5. The van der Waals surface area contributed by atoms with Crippen LogP contribution in [-0.2, 0) is 26.2 Å². The highest BCUT2D eigenvalue weighted by Crippen LogP contribution is 2.23. The van der Waals surface area contributed by atoms with Crippen LogP contribution in [0.15, 0.2) is 71.8 Å². The Morgan fingerprint density at radius 3 is 2.40 bits per heavy atom. The van der Waals surface area contributed by atoms with Crippen molar-refractivity contribution in [3.05, 3.63) is 83.6 Å². The monoisotopic (exact) mass is 579 g/mol. The highest BCUT2D eigenvalue weighted by atomic mass is 32.2. The number of halogens is 3. The standard InChI is InChI=1S/C24H27N5O3S.C2HF3O2/c1-28-12-9-19(10-13-28)18-5-7-21(8-6-18)33(31,32)27-22-11-14-29(24(22)30)16-17-3-2-4-20(15-17)23(25)26;3-2(4,5)1(6)7/h2-10,12,15,22,27H,11,13-14,16H2,1H3,(H3,25,26);(H,6,7)/t22-;/m0./s1. The second kappa shape index (κ2) is 12.3. The number of hydrogen-bond acceptors (Lipinski definition) is 6. The number of amidine groups is 1. The number of benzene rings is 2. The number of amides is 1. The van der Waals surface area contributed by atoms with E-state index in [2.05, 4.69) is 10.8 Å². The smallest absolute Gasteiger partial charge is 0.475 e. The van der Waals surface area contributed by atoms with Gasteiger partial charge in [0.2, 0.25) is 15.9 Å². The minimum atomic E-state index is -5.08. The Balaban J connectivity index is 0.000000559. The lowest BCUT2D eigenvalue weighted by Crippen LogP contribution is -2.41. The second-order valence-corrected chi connectivity index (χ2v) is 10.8. The zero-order chi connectivity index (χ0) is 29.7. The number of carboxylic acid groups (broad SMARTS) is 1. The molecule has 2 aromatic rings.